The molecule has 1 aromatic carbocycles. The van der Waals surface area contributed by atoms with Crippen molar-refractivity contribution in [2.45, 2.75) is 64.2 Å². The van der Waals surface area contributed by atoms with Crippen LogP contribution in [0.1, 0.15) is 74.6 Å². The third-order valence-corrected chi connectivity index (χ3v) is 8.25. The van der Waals surface area contributed by atoms with Gasteiger partial charge in [-0.1, -0.05) is 19.3 Å². The number of benzene rings is 1. The van der Waals surface area contributed by atoms with Crippen molar-refractivity contribution in [3.05, 3.63) is 23.8 Å². The average Bonchev–Trinajstić information content (AvgIpc) is 3.38. The van der Waals surface area contributed by atoms with Crippen LogP contribution in [0.25, 0.3) is 0 Å². The molecule has 2 aliphatic heterocycles. The minimum atomic E-state index is 0.0545. The molecule has 0 spiro atoms. The van der Waals surface area contributed by atoms with Crippen LogP contribution in [0.3, 0.4) is 0 Å². The molecule has 3 amide bonds. The summed E-state index contributed by atoms with van der Waals surface area (Å²) in [4.78, 5) is 45.2. The second-order valence-corrected chi connectivity index (χ2v) is 10.5. The zero-order valence-electron chi connectivity index (χ0n) is 20.3. The van der Waals surface area contributed by atoms with Gasteiger partial charge in [0.15, 0.2) is 0 Å². The summed E-state index contributed by atoms with van der Waals surface area (Å²) in [6, 6.07) is 5.79. The summed E-state index contributed by atoms with van der Waals surface area (Å²) in [6.45, 7) is 4.44. The topological polar surface area (TPSA) is 73.0 Å². The van der Waals surface area contributed by atoms with Crippen molar-refractivity contribution in [1.29, 1.82) is 0 Å². The van der Waals surface area contributed by atoms with Crippen LogP contribution < -0.4 is 10.2 Å². The van der Waals surface area contributed by atoms with Gasteiger partial charge in [-0.15, -0.1) is 0 Å². The Kier molecular flexibility index (Phi) is 7.07. The van der Waals surface area contributed by atoms with Crippen molar-refractivity contribution < 1.29 is 14.4 Å². The van der Waals surface area contributed by atoms with Gasteiger partial charge in [0.2, 0.25) is 11.8 Å². The van der Waals surface area contributed by atoms with Crippen LogP contribution in [0, 0.1) is 11.8 Å². The predicted molar refractivity (Wildman–Crippen MR) is 133 cm³/mol. The Balaban J connectivity index is 1.32. The SMILES string of the molecule is O=C(Nc1ccc(N2CCN(C(=O)C3CCCC3)CC2)c(C(=O)N2CCCCC2)c1)C1CCC1. The summed E-state index contributed by atoms with van der Waals surface area (Å²) in [6.07, 6.45) is 10.7. The van der Waals surface area contributed by atoms with Crippen molar-refractivity contribution in [2.24, 2.45) is 11.8 Å². The number of piperidine rings is 1. The summed E-state index contributed by atoms with van der Waals surface area (Å²) in [5.41, 5.74) is 2.30. The highest BCUT2D eigenvalue weighted by molar-refractivity contribution is 6.02. The number of likely N-dealkylation sites (tertiary alicyclic amines) is 1. The number of carbonyl (C=O) groups is 3. The first-order valence-electron chi connectivity index (χ1n) is 13.4. The Morgan fingerprint density at radius 1 is 0.706 bits per heavy atom. The van der Waals surface area contributed by atoms with E-state index >= 15 is 0 Å². The second kappa shape index (κ2) is 10.4. The van der Waals surface area contributed by atoms with Gasteiger partial charge >= 0.3 is 0 Å². The van der Waals surface area contributed by atoms with Crippen LogP contribution in [0.15, 0.2) is 18.2 Å². The quantitative estimate of drug-likeness (QED) is 0.715. The molecule has 0 atom stereocenters. The standard InChI is InChI=1S/C27H38N4O3/c32-25(20-9-6-10-20)28-22-11-12-24(23(19-22)27(34)30-13-4-1-5-14-30)29-15-17-31(18-16-29)26(33)21-7-2-3-8-21/h11-12,19-21H,1-10,13-18H2,(H,28,32). The second-order valence-electron chi connectivity index (χ2n) is 10.5. The first kappa shape index (κ1) is 23.2. The number of nitrogens with one attached hydrogen (secondary N) is 1. The number of hydrogen-bond acceptors (Lipinski definition) is 4. The average molecular weight is 467 g/mol. The van der Waals surface area contributed by atoms with E-state index in [0.29, 0.717) is 30.2 Å². The van der Waals surface area contributed by atoms with Crippen LogP contribution in [-0.2, 0) is 9.59 Å². The molecule has 0 radical (unpaired) electrons. The molecule has 0 bridgehead atoms. The van der Waals surface area contributed by atoms with Crippen molar-refractivity contribution >= 4 is 29.1 Å². The lowest BCUT2D eigenvalue weighted by Gasteiger charge is -2.38. The normalized spacial score (nSPS) is 21.9. The number of carbonyl (C=O) groups excluding carboxylic acids is 3. The maximum Gasteiger partial charge on any atom is 0.256 e. The van der Waals surface area contributed by atoms with E-state index < -0.39 is 0 Å². The van der Waals surface area contributed by atoms with Crippen molar-refractivity contribution in [1.82, 2.24) is 9.80 Å². The largest absolute Gasteiger partial charge is 0.367 e. The fourth-order valence-corrected chi connectivity index (χ4v) is 5.84. The van der Waals surface area contributed by atoms with Gasteiger partial charge in [0.25, 0.3) is 5.91 Å². The van der Waals surface area contributed by atoms with E-state index in [2.05, 4.69) is 10.2 Å². The van der Waals surface area contributed by atoms with Gasteiger partial charge in [-0.25, -0.2) is 0 Å². The number of amides is 3. The van der Waals surface area contributed by atoms with E-state index in [1.54, 1.807) is 0 Å². The van der Waals surface area contributed by atoms with Crippen LogP contribution in [-0.4, -0.2) is 66.8 Å². The van der Waals surface area contributed by atoms with Gasteiger partial charge in [-0.3, -0.25) is 14.4 Å². The van der Waals surface area contributed by atoms with E-state index in [4.69, 9.17) is 0 Å². The van der Waals surface area contributed by atoms with Crippen molar-refractivity contribution in [3.63, 3.8) is 0 Å². The molecule has 184 valence electrons. The Labute approximate surface area is 202 Å². The minimum Gasteiger partial charge on any atom is -0.367 e. The summed E-state index contributed by atoms with van der Waals surface area (Å²) >= 11 is 0. The van der Waals surface area contributed by atoms with Gasteiger partial charge < -0.3 is 20.0 Å². The minimum absolute atomic E-state index is 0.0545. The molecule has 0 aromatic heterocycles. The van der Waals surface area contributed by atoms with Gasteiger partial charge in [0, 0.05) is 62.5 Å². The Bertz CT molecular complexity index is 908. The monoisotopic (exact) mass is 466 g/mol. The molecule has 2 saturated heterocycles. The maximum atomic E-state index is 13.6. The lowest BCUT2D eigenvalue weighted by molar-refractivity contribution is -0.135. The molecule has 2 heterocycles. The third-order valence-electron chi connectivity index (χ3n) is 8.25. The molecule has 2 saturated carbocycles. The Hall–Kier alpha value is -2.57. The fourth-order valence-electron chi connectivity index (χ4n) is 5.84. The van der Waals surface area contributed by atoms with Crippen LogP contribution in [0.4, 0.5) is 11.4 Å². The number of piperazine rings is 1. The maximum absolute atomic E-state index is 13.6. The van der Waals surface area contributed by atoms with E-state index in [1.807, 2.05) is 28.0 Å². The summed E-state index contributed by atoms with van der Waals surface area (Å²) in [5.74, 6) is 0.747. The van der Waals surface area contributed by atoms with Gasteiger partial charge in [0.1, 0.15) is 0 Å². The first-order valence-corrected chi connectivity index (χ1v) is 13.4. The molecule has 34 heavy (non-hydrogen) atoms. The molecule has 5 rings (SSSR count). The molecule has 1 N–H and O–H groups in total. The van der Waals surface area contributed by atoms with E-state index in [-0.39, 0.29) is 23.7 Å². The van der Waals surface area contributed by atoms with E-state index in [9.17, 15) is 14.4 Å². The molecule has 4 fully saturated rings. The number of anilines is 2. The van der Waals surface area contributed by atoms with Crippen LogP contribution in [0.2, 0.25) is 0 Å². The van der Waals surface area contributed by atoms with Gasteiger partial charge in [-0.05, 0) is 63.1 Å². The van der Waals surface area contributed by atoms with Crippen LogP contribution in [0.5, 0.6) is 0 Å². The predicted octanol–water partition coefficient (Wildman–Crippen LogP) is 3.89. The van der Waals surface area contributed by atoms with Crippen molar-refractivity contribution in [2.75, 3.05) is 49.5 Å². The number of hydrogen-bond donors (Lipinski definition) is 1. The highest BCUT2D eigenvalue weighted by Gasteiger charge is 2.31. The lowest BCUT2D eigenvalue weighted by Crippen LogP contribution is -2.50. The molecular formula is C27H38N4O3. The number of rotatable bonds is 5. The van der Waals surface area contributed by atoms with Gasteiger partial charge in [-0.2, -0.15) is 0 Å². The Morgan fingerprint density at radius 2 is 1.38 bits per heavy atom. The third kappa shape index (κ3) is 4.93. The van der Waals surface area contributed by atoms with Crippen LogP contribution >= 0.6 is 0 Å². The molecule has 7 heteroatoms. The number of nitrogens with zero attached hydrogens (tertiary/aromatic N) is 3. The summed E-state index contributed by atoms with van der Waals surface area (Å²) < 4.78 is 0. The molecule has 1 aromatic rings. The molecule has 2 aliphatic carbocycles. The smallest absolute Gasteiger partial charge is 0.256 e. The Morgan fingerprint density at radius 3 is 2.03 bits per heavy atom. The molecular weight excluding hydrogens is 428 g/mol. The highest BCUT2D eigenvalue weighted by Crippen LogP contribution is 2.32. The van der Waals surface area contributed by atoms with E-state index in [0.717, 1.165) is 76.8 Å². The summed E-state index contributed by atoms with van der Waals surface area (Å²) in [7, 11) is 0. The molecule has 4 aliphatic rings. The van der Waals surface area contributed by atoms with Gasteiger partial charge in [0.05, 0.1) is 5.56 Å². The lowest BCUT2D eigenvalue weighted by atomic mass is 9.85. The van der Waals surface area contributed by atoms with E-state index in [1.165, 1.54) is 19.3 Å². The summed E-state index contributed by atoms with van der Waals surface area (Å²) in [5, 5.41) is 3.04. The fraction of sp³-hybridized carbons (Fsp3) is 0.667. The zero-order chi connectivity index (χ0) is 23.5. The first-order chi connectivity index (χ1) is 16.6. The molecule has 0 unspecified atom stereocenters. The molecule has 7 nitrogen and oxygen atoms in total. The van der Waals surface area contributed by atoms with Crippen molar-refractivity contribution in [3.8, 4) is 0 Å². The highest BCUT2D eigenvalue weighted by atomic mass is 16.2. The zero-order valence-corrected chi connectivity index (χ0v) is 20.3.